The van der Waals surface area contributed by atoms with Crippen molar-refractivity contribution < 1.29 is 9.47 Å². The van der Waals surface area contributed by atoms with Gasteiger partial charge in [-0.05, 0) is 75.1 Å². The minimum atomic E-state index is -0.103. The standard InChI is InChI=1S/C30H33NO2/c1-7-10-22-11-8-9-12-27(22)33-19-25-23(24-17-20(2)13-16-28(24)32-6)14-15-26-29(25)21(3)18-30(4,5)31-26/h7-9,11-18,31H,1,10,19H2,2-6H3. The van der Waals surface area contributed by atoms with Crippen molar-refractivity contribution in [2.45, 2.75) is 46.3 Å². The van der Waals surface area contributed by atoms with Crippen LogP contribution in [0.25, 0.3) is 16.7 Å². The van der Waals surface area contributed by atoms with E-state index in [9.17, 15) is 0 Å². The molecule has 0 aliphatic carbocycles. The summed E-state index contributed by atoms with van der Waals surface area (Å²) in [6.07, 6.45) is 4.98. The van der Waals surface area contributed by atoms with Gasteiger partial charge in [0.15, 0.2) is 0 Å². The van der Waals surface area contributed by atoms with Crippen LogP contribution in [0.3, 0.4) is 0 Å². The van der Waals surface area contributed by atoms with Crippen molar-refractivity contribution in [3.63, 3.8) is 0 Å². The number of rotatable bonds is 7. The molecular weight excluding hydrogens is 406 g/mol. The van der Waals surface area contributed by atoms with Crippen LogP contribution >= 0.6 is 0 Å². The molecule has 0 saturated carbocycles. The van der Waals surface area contributed by atoms with Gasteiger partial charge in [0.1, 0.15) is 18.1 Å². The Kier molecular flexibility index (Phi) is 6.33. The van der Waals surface area contributed by atoms with Crippen molar-refractivity contribution in [3.05, 3.63) is 95.6 Å². The molecule has 33 heavy (non-hydrogen) atoms. The smallest absolute Gasteiger partial charge is 0.126 e. The highest BCUT2D eigenvalue weighted by molar-refractivity contribution is 5.88. The van der Waals surface area contributed by atoms with E-state index in [1.807, 2.05) is 30.3 Å². The summed E-state index contributed by atoms with van der Waals surface area (Å²) in [5.41, 5.74) is 9.18. The molecule has 3 aromatic carbocycles. The SMILES string of the molecule is C=CCc1ccccc1OCc1c(-c2cc(C)ccc2OC)ccc2c1C(C)=CC(C)(C)N2. The van der Waals surface area contributed by atoms with Crippen molar-refractivity contribution in [1.29, 1.82) is 0 Å². The van der Waals surface area contributed by atoms with E-state index < -0.39 is 0 Å². The first-order valence-electron chi connectivity index (χ1n) is 11.4. The fourth-order valence-electron chi connectivity index (χ4n) is 4.75. The molecule has 0 bridgehead atoms. The van der Waals surface area contributed by atoms with E-state index in [2.05, 4.69) is 76.0 Å². The maximum atomic E-state index is 6.46. The molecule has 3 heteroatoms. The second kappa shape index (κ2) is 9.19. The van der Waals surface area contributed by atoms with Gasteiger partial charge in [-0.15, -0.1) is 6.58 Å². The van der Waals surface area contributed by atoms with Crippen LogP contribution in [0, 0.1) is 6.92 Å². The molecule has 4 rings (SSSR count). The fourth-order valence-corrected chi connectivity index (χ4v) is 4.75. The van der Waals surface area contributed by atoms with Crippen LogP contribution < -0.4 is 14.8 Å². The van der Waals surface area contributed by atoms with E-state index in [0.717, 1.165) is 45.9 Å². The van der Waals surface area contributed by atoms with Gasteiger partial charge >= 0.3 is 0 Å². The van der Waals surface area contributed by atoms with Gasteiger partial charge in [0.25, 0.3) is 0 Å². The number of methoxy groups -OCH3 is 1. The molecule has 0 atom stereocenters. The highest BCUT2D eigenvalue weighted by Crippen LogP contribution is 2.43. The first kappa shape index (κ1) is 22.7. The number of nitrogens with one attached hydrogen (secondary N) is 1. The lowest BCUT2D eigenvalue weighted by molar-refractivity contribution is 0.303. The van der Waals surface area contributed by atoms with Crippen LogP contribution in [0.15, 0.2) is 73.3 Å². The van der Waals surface area contributed by atoms with Gasteiger partial charge in [-0.2, -0.15) is 0 Å². The molecule has 1 heterocycles. The Bertz CT molecular complexity index is 1220. The quantitative estimate of drug-likeness (QED) is 0.385. The van der Waals surface area contributed by atoms with Crippen LogP contribution in [-0.4, -0.2) is 12.6 Å². The lowest BCUT2D eigenvalue weighted by atomic mass is 9.85. The average Bonchev–Trinajstić information content (AvgIpc) is 2.77. The summed E-state index contributed by atoms with van der Waals surface area (Å²) < 4.78 is 12.2. The maximum absolute atomic E-state index is 6.46. The molecule has 0 aromatic heterocycles. The number of hydrogen-bond acceptors (Lipinski definition) is 3. The summed E-state index contributed by atoms with van der Waals surface area (Å²) in [6.45, 7) is 13.0. The molecule has 0 amide bonds. The predicted octanol–water partition coefficient (Wildman–Crippen LogP) is 7.59. The fraction of sp³-hybridized carbons (Fsp3) is 0.267. The highest BCUT2D eigenvalue weighted by atomic mass is 16.5. The van der Waals surface area contributed by atoms with Crippen molar-refractivity contribution in [2.75, 3.05) is 12.4 Å². The summed E-state index contributed by atoms with van der Waals surface area (Å²) >= 11 is 0. The van der Waals surface area contributed by atoms with Crippen LogP contribution in [0.4, 0.5) is 5.69 Å². The molecule has 0 fully saturated rings. The third-order valence-electron chi connectivity index (χ3n) is 6.10. The first-order valence-corrected chi connectivity index (χ1v) is 11.4. The van der Waals surface area contributed by atoms with E-state index in [1.165, 1.54) is 16.7 Å². The van der Waals surface area contributed by atoms with E-state index in [-0.39, 0.29) is 5.54 Å². The lowest BCUT2D eigenvalue weighted by Gasteiger charge is -2.33. The number of para-hydroxylation sites is 1. The van der Waals surface area contributed by atoms with Gasteiger partial charge < -0.3 is 14.8 Å². The van der Waals surface area contributed by atoms with Gasteiger partial charge in [0, 0.05) is 22.4 Å². The minimum Gasteiger partial charge on any atom is -0.496 e. The summed E-state index contributed by atoms with van der Waals surface area (Å²) in [6, 6.07) is 18.9. The van der Waals surface area contributed by atoms with E-state index in [1.54, 1.807) is 7.11 Å². The molecule has 0 spiro atoms. The number of fused-ring (bicyclic) bond motifs is 1. The third-order valence-corrected chi connectivity index (χ3v) is 6.10. The number of ether oxygens (including phenoxy) is 2. The van der Waals surface area contributed by atoms with Crippen LogP contribution in [0.2, 0.25) is 0 Å². The molecular formula is C30H33NO2. The molecule has 0 unspecified atom stereocenters. The van der Waals surface area contributed by atoms with Gasteiger partial charge in [0.2, 0.25) is 0 Å². The van der Waals surface area contributed by atoms with Gasteiger partial charge in [-0.3, -0.25) is 0 Å². The van der Waals surface area contributed by atoms with Gasteiger partial charge in [-0.25, -0.2) is 0 Å². The topological polar surface area (TPSA) is 30.5 Å². The predicted molar refractivity (Wildman–Crippen MR) is 139 cm³/mol. The molecule has 1 aliphatic rings. The number of allylic oxidation sites excluding steroid dienone is 2. The van der Waals surface area contributed by atoms with Crippen LogP contribution in [0.5, 0.6) is 11.5 Å². The summed E-state index contributed by atoms with van der Waals surface area (Å²) in [5.74, 6) is 1.75. The molecule has 170 valence electrons. The van der Waals surface area contributed by atoms with Crippen molar-refractivity contribution in [3.8, 4) is 22.6 Å². The van der Waals surface area contributed by atoms with E-state index >= 15 is 0 Å². The Labute approximate surface area is 197 Å². The Morgan fingerprint density at radius 2 is 1.76 bits per heavy atom. The monoisotopic (exact) mass is 439 g/mol. The average molecular weight is 440 g/mol. The van der Waals surface area contributed by atoms with Crippen molar-refractivity contribution in [1.82, 2.24) is 0 Å². The van der Waals surface area contributed by atoms with Gasteiger partial charge in [-0.1, -0.05) is 48.0 Å². The highest BCUT2D eigenvalue weighted by Gasteiger charge is 2.27. The summed E-state index contributed by atoms with van der Waals surface area (Å²) in [5, 5.41) is 3.68. The lowest BCUT2D eigenvalue weighted by Crippen LogP contribution is -2.32. The largest absolute Gasteiger partial charge is 0.496 e. The second-order valence-electron chi connectivity index (χ2n) is 9.28. The van der Waals surface area contributed by atoms with Crippen molar-refractivity contribution in [2.24, 2.45) is 0 Å². The summed E-state index contributed by atoms with van der Waals surface area (Å²) in [4.78, 5) is 0. The Morgan fingerprint density at radius 3 is 2.52 bits per heavy atom. The van der Waals surface area contributed by atoms with E-state index in [0.29, 0.717) is 6.61 Å². The van der Waals surface area contributed by atoms with Crippen molar-refractivity contribution >= 4 is 11.3 Å². The minimum absolute atomic E-state index is 0.103. The molecule has 1 N–H and O–H groups in total. The van der Waals surface area contributed by atoms with Crippen LogP contribution in [0.1, 0.15) is 43.0 Å². The summed E-state index contributed by atoms with van der Waals surface area (Å²) in [7, 11) is 1.73. The Balaban J connectivity index is 1.87. The third kappa shape index (κ3) is 4.68. The zero-order valence-corrected chi connectivity index (χ0v) is 20.3. The van der Waals surface area contributed by atoms with Gasteiger partial charge in [0.05, 0.1) is 12.6 Å². The maximum Gasteiger partial charge on any atom is 0.126 e. The van der Waals surface area contributed by atoms with Crippen LogP contribution in [-0.2, 0) is 13.0 Å². The molecule has 1 aliphatic heterocycles. The Hall–Kier alpha value is -3.46. The number of aryl methyl sites for hydroxylation is 1. The number of hydrogen-bond donors (Lipinski definition) is 1. The zero-order chi connectivity index (χ0) is 23.6. The molecule has 0 saturated heterocycles. The molecule has 0 radical (unpaired) electrons. The normalized spacial score (nSPS) is 14.0. The molecule has 3 aromatic rings. The Morgan fingerprint density at radius 1 is 0.970 bits per heavy atom. The number of anilines is 1. The second-order valence-corrected chi connectivity index (χ2v) is 9.28. The first-order chi connectivity index (χ1) is 15.8. The van der Waals surface area contributed by atoms with E-state index in [4.69, 9.17) is 9.47 Å². The number of benzene rings is 3. The molecule has 3 nitrogen and oxygen atoms in total. The zero-order valence-electron chi connectivity index (χ0n) is 20.3.